The number of benzene rings is 1. The van der Waals surface area contributed by atoms with E-state index in [0.29, 0.717) is 12.6 Å². The fraction of sp³-hybridized carbons (Fsp3) is 0.500. The van der Waals surface area contributed by atoms with Crippen LogP contribution in [0.4, 0.5) is 0 Å². The fourth-order valence-electron chi connectivity index (χ4n) is 4.55. The number of aryl methyl sites for hydroxylation is 1. The van der Waals surface area contributed by atoms with Gasteiger partial charge in [0.2, 0.25) is 0 Å². The van der Waals surface area contributed by atoms with Gasteiger partial charge in [0.1, 0.15) is 10.6 Å². The molecule has 3 aromatic rings. The van der Waals surface area contributed by atoms with Crippen molar-refractivity contribution >= 4 is 21.6 Å². The number of aromatic nitrogens is 2. The van der Waals surface area contributed by atoms with Crippen LogP contribution in [0, 0.1) is 0 Å². The minimum absolute atomic E-state index is 0.0619. The first-order valence-electron chi connectivity index (χ1n) is 11.0. The largest absolute Gasteiger partial charge is 0.496 e. The Hall–Kier alpha value is -2.22. The Balaban J connectivity index is 1.61. The third-order valence-corrected chi connectivity index (χ3v) is 7.46. The van der Waals surface area contributed by atoms with Crippen LogP contribution in [0.3, 0.4) is 0 Å². The molecule has 0 bridgehead atoms. The van der Waals surface area contributed by atoms with Gasteiger partial charge in [-0.2, -0.15) is 0 Å². The molecule has 7 heteroatoms. The van der Waals surface area contributed by atoms with E-state index in [1.807, 2.05) is 24.3 Å². The SMILES string of the molecule is CCN(CCN(C)C)[C@@H]1CCc2c(sc3ncn(Cc4ccccc4OC)c(=O)c23)C1. The highest BCUT2D eigenvalue weighted by molar-refractivity contribution is 7.18. The average Bonchev–Trinajstić information content (AvgIpc) is 3.15. The molecule has 0 saturated carbocycles. The first kappa shape index (κ1) is 22.0. The third-order valence-electron chi connectivity index (χ3n) is 6.30. The van der Waals surface area contributed by atoms with Gasteiger partial charge in [0.05, 0.1) is 25.4 Å². The zero-order valence-corrected chi connectivity index (χ0v) is 19.7. The highest BCUT2D eigenvalue weighted by Crippen LogP contribution is 2.35. The van der Waals surface area contributed by atoms with Crippen molar-refractivity contribution in [2.24, 2.45) is 0 Å². The van der Waals surface area contributed by atoms with Crippen LogP contribution < -0.4 is 10.3 Å². The van der Waals surface area contributed by atoms with E-state index in [4.69, 9.17) is 4.74 Å². The molecular weight excluding hydrogens is 408 g/mol. The summed E-state index contributed by atoms with van der Waals surface area (Å²) >= 11 is 1.71. The summed E-state index contributed by atoms with van der Waals surface area (Å²) in [7, 11) is 5.91. The third kappa shape index (κ3) is 4.54. The van der Waals surface area contributed by atoms with Gasteiger partial charge in [0.25, 0.3) is 5.56 Å². The molecule has 0 aliphatic heterocycles. The van der Waals surface area contributed by atoms with Crippen LogP contribution in [0.5, 0.6) is 5.75 Å². The Morgan fingerprint density at radius 2 is 2.06 bits per heavy atom. The van der Waals surface area contributed by atoms with Gasteiger partial charge in [-0.05, 0) is 51.5 Å². The van der Waals surface area contributed by atoms with Gasteiger partial charge in [-0.25, -0.2) is 4.98 Å². The normalized spacial score (nSPS) is 16.3. The average molecular weight is 441 g/mol. The van der Waals surface area contributed by atoms with E-state index in [-0.39, 0.29) is 5.56 Å². The molecule has 0 saturated heterocycles. The molecule has 0 N–H and O–H groups in total. The molecule has 0 unspecified atom stereocenters. The zero-order valence-electron chi connectivity index (χ0n) is 18.9. The molecular formula is C24H32N4O2S. The monoisotopic (exact) mass is 440 g/mol. The number of rotatable bonds is 8. The van der Waals surface area contributed by atoms with E-state index in [9.17, 15) is 4.79 Å². The van der Waals surface area contributed by atoms with Crippen molar-refractivity contribution in [2.75, 3.05) is 40.8 Å². The van der Waals surface area contributed by atoms with Crippen LogP contribution in [-0.2, 0) is 19.4 Å². The van der Waals surface area contributed by atoms with Crippen molar-refractivity contribution in [2.45, 2.75) is 38.8 Å². The molecule has 1 aliphatic rings. The molecule has 1 atom stereocenters. The Morgan fingerprint density at radius 3 is 2.81 bits per heavy atom. The smallest absolute Gasteiger partial charge is 0.262 e. The zero-order chi connectivity index (χ0) is 22.0. The van der Waals surface area contributed by atoms with E-state index >= 15 is 0 Å². The van der Waals surface area contributed by atoms with E-state index in [1.54, 1.807) is 29.3 Å². The van der Waals surface area contributed by atoms with Crippen LogP contribution in [0.1, 0.15) is 29.3 Å². The molecule has 0 amide bonds. The summed E-state index contributed by atoms with van der Waals surface area (Å²) in [6, 6.07) is 8.37. The Morgan fingerprint density at radius 1 is 1.26 bits per heavy atom. The number of likely N-dealkylation sites (N-methyl/N-ethyl adjacent to an activating group) is 2. The first-order chi connectivity index (χ1) is 15.0. The Labute approximate surface area is 188 Å². The molecule has 1 aromatic carbocycles. The molecule has 0 spiro atoms. The van der Waals surface area contributed by atoms with Crippen molar-refractivity contribution < 1.29 is 4.74 Å². The quantitative estimate of drug-likeness (QED) is 0.538. The van der Waals surface area contributed by atoms with E-state index in [0.717, 1.165) is 60.4 Å². The Kier molecular flexibility index (Phi) is 6.74. The van der Waals surface area contributed by atoms with Crippen molar-refractivity contribution in [3.63, 3.8) is 0 Å². The second kappa shape index (κ2) is 9.51. The minimum atomic E-state index is 0.0619. The van der Waals surface area contributed by atoms with Gasteiger partial charge in [0.15, 0.2) is 0 Å². The standard InChI is InChI=1S/C24H32N4O2S/c1-5-27(13-12-26(2)3)18-10-11-19-21(14-18)31-23-22(19)24(29)28(16-25-23)15-17-8-6-7-9-20(17)30-4/h6-9,16,18H,5,10-15H2,1-4H3/t18-/m1/s1. The molecule has 0 fully saturated rings. The van der Waals surface area contributed by atoms with Gasteiger partial charge in [-0.3, -0.25) is 14.3 Å². The maximum absolute atomic E-state index is 13.4. The van der Waals surface area contributed by atoms with Crippen molar-refractivity contribution in [1.29, 1.82) is 0 Å². The van der Waals surface area contributed by atoms with Crippen molar-refractivity contribution in [1.82, 2.24) is 19.4 Å². The van der Waals surface area contributed by atoms with E-state index < -0.39 is 0 Å². The summed E-state index contributed by atoms with van der Waals surface area (Å²) in [6.45, 7) is 5.92. The predicted octanol–water partition coefficient (Wildman–Crippen LogP) is 3.26. The topological polar surface area (TPSA) is 50.6 Å². The van der Waals surface area contributed by atoms with Crippen LogP contribution in [0.25, 0.3) is 10.2 Å². The molecule has 0 radical (unpaired) electrons. The summed E-state index contributed by atoms with van der Waals surface area (Å²) < 4.78 is 7.18. The van der Waals surface area contributed by atoms with Crippen LogP contribution in [0.2, 0.25) is 0 Å². The highest BCUT2D eigenvalue weighted by atomic mass is 32.1. The first-order valence-corrected chi connectivity index (χ1v) is 11.8. The van der Waals surface area contributed by atoms with Gasteiger partial charge in [0, 0.05) is 29.6 Å². The number of hydrogen-bond donors (Lipinski definition) is 0. The molecule has 2 heterocycles. The lowest BCUT2D eigenvalue weighted by Gasteiger charge is -2.34. The number of fused-ring (bicyclic) bond motifs is 3. The van der Waals surface area contributed by atoms with Crippen LogP contribution in [-0.4, -0.2) is 66.2 Å². The number of ether oxygens (including phenoxy) is 1. The second-order valence-corrected chi connectivity index (χ2v) is 9.59. The van der Waals surface area contributed by atoms with Gasteiger partial charge in [-0.1, -0.05) is 25.1 Å². The van der Waals surface area contributed by atoms with Crippen LogP contribution >= 0.6 is 11.3 Å². The van der Waals surface area contributed by atoms with Crippen LogP contribution in [0.15, 0.2) is 35.4 Å². The summed E-state index contributed by atoms with van der Waals surface area (Å²) in [4.78, 5) is 25.1. The lowest BCUT2D eigenvalue weighted by atomic mass is 9.92. The van der Waals surface area contributed by atoms with Gasteiger partial charge in [-0.15, -0.1) is 11.3 Å². The number of methoxy groups -OCH3 is 1. The summed E-state index contributed by atoms with van der Waals surface area (Å²) in [5.74, 6) is 0.794. The number of para-hydroxylation sites is 1. The summed E-state index contributed by atoms with van der Waals surface area (Å²) in [5.41, 5.74) is 2.27. The summed E-state index contributed by atoms with van der Waals surface area (Å²) in [5, 5.41) is 0.826. The van der Waals surface area contributed by atoms with E-state index in [2.05, 4.69) is 35.8 Å². The van der Waals surface area contributed by atoms with E-state index in [1.165, 1.54) is 10.4 Å². The molecule has 6 nitrogen and oxygen atoms in total. The maximum Gasteiger partial charge on any atom is 0.262 e. The number of thiophene rings is 1. The van der Waals surface area contributed by atoms with Crippen molar-refractivity contribution in [3.8, 4) is 5.75 Å². The second-order valence-electron chi connectivity index (χ2n) is 8.50. The van der Waals surface area contributed by atoms with Gasteiger partial charge < -0.3 is 9.64 Å². The van der Waals surface area contributed by atoms with Gasteiger partial charge >= 0.3 is 0 Å². The lowest BCUT2D eigenvalue weighted by Crippen LogP contribution is -2.42. The molecule has 1 aliphatic carbocycles. The lowest BCUT2D eigenvalue weighted by molar-refractivity contribution is 0.173. The Bertz CT molecular complexity index is 1100. The maximum atomic E-state index is 13.4. The molecule has 4 rings (SSSR count). The minimum Gasteiger partial charge on any atom is -0.496 e. The molecule has 166 valence electrons. The summed E-state index contributed by atoms with van der Waals surface area (Å²) in [6.07, 6.45) is 4.75. The fourth-order valence-corrected chi connectivity index (χ4v) is 5.80. The molecule has 31 heavy (non-hydrogen) atoms. The number of hydrogen-bond acceptors (Lipinski definition) is 6. The molecule has 2 aromatic heterocycles. The highest BCUT2D eigenvalue weighted by Gasteiger charge is 2.28. The van der Waals surface area contributed by atoms with Crippen molar-refractivity contribution in [3.05, 3.63) is 57.0 Å². The number of nitrogens with zero attached hydrogens (tertiary/aromatic N) is 4. The predicted molar refractivity (Wildman–Crippen MR) is 128 cm³/mol.